The van der Waals surface area contributed by atoms with Crippen molar-refractivity contribution in [2.45, 2.75) is 51.7 Å². The molecule has 2 unspecified atom stereocenters. The second kappa shape index (κ2) is 5.41. The van der Waals surface area contributed by atoms with Crippen LogP contribution in [-0.2, 0) is 6.54 Å². The van der Waals surface area contributed by atoms with Crippen LogP contribution in [0.1, 0.15) is 38.7 Å². The number of nitrogens with zero attached hydrogens (tertiary/aromatic N) is 1. The van der Waals surface area contributed by atoms with Crippen molar-refractivity contribution in [3.63, 3.8) is 0 Å². The van der Waals surface area contributed by atoms with Gasteiger partial charge in [-0.2, -0.15) is 0 Å². The number of para-hydroxylation sites is 1. The topological polar surface area (TPSA) is 24.5 Å². The van der Waals surface area contributed by atoms with E-state index in [0.717, 1.165) is 31.1 Å². The summed E-state index contributed by atoms with van der Waals surface area (Å²) in [4.78, 5) is 2.62. The SMILES string of the molecule is CC1CCCC(C)N1Cc1cccc2c1OCCN2. The van der Waals surface area contributed by atoms with Gasteiger partial charge in [0, 0.05) is 30.7 Å². The summed E-state index contributed by atoms with van der Waals surface area (Å²) in [6, 6.07) is 7.81. The molecular weight excluding hydrogens is 236 g/mol. The van der Waals surface area contributed by atoms with E-state index < -0.39 is 0 Å². The zero-order valence-electron chi connectivity index (χ0n) is 12.0. The Labute approximate surface area is 115 Å². The van der Waals surface area contributed by atoms with Gasteiger partial charge >= 0.3 is 0 Å². The van der Waals surface area contributed by atoms with E-state index in [1.54, 1.807) is 0 Å². The molecule has 0 aliphatic carbocycles. The molecule has 1 aromatic rings. The smallest absolute Gasteiger partial charge is 0.146 e. The van der Waals surface area contributed by atoms with Gasteiger partial charge in [0.05, 0.1) is 5.69 Å². The summed E-state index contributed by atoms with van der Waals surface area (Å²) in [7, 11) is 0. The third-order valence-electron chi connectivity index (χ3n) is 4.49. The van der Waals surface area contributed by atoms with Crippen LogP contribution >= 0.6 is 0 Å². The lowest BCUT2D eigenvalue weighted by Crippen LogP contribution is -2.43. The molecule has 1 fully saturated rings. The minimum atomic E-state index is 0.677. The molecule has 1 N–H and O–H groups in total. The first kappa shape index (κ1) is 12.8. The van der Waals surface area contributed by atoms with Crippen LogP contribution in [0, 0.1) is 0 Å². The van der Waals surface area contributed by atoms with Crippen LogP contribution in [0.25, 0.3) is 0 Å². The van der Waals surface area contributed by atoms with E-state index in [1.165, 1.54) is 24.8 Å². The number of fused-ring (bicyclic) bond motifs is 1. The highest BCUT2D eigenvalue weighted by molar-refractivity contribution is 5.61. The summed E-state index contributed by atoms with van der Waals surface area (Å²) < 4.78 is 5.88. The lowest BCUT2D eigenvalue weighted by molar-refractivity contribution is 0.0940. The maximum absolute atomic E-state index is 5.88. The first-order valence-electron chi connectivity index (χ1n) is 7.50. The number of hydrogen-bond donors (Lipinski definition) is 1. The highest BCUT2D eigenvalue weighted by Crippen LogP contribution is 2.34. The summed E-state index contributed by atoms with van der Waals surface area (Å²) in [6.45, 7) is 7.39. The molecular formula is C16H24N2O. The van der Waals surface area contributed by atoms with Crippen LogP contribution in [-0.4, -0.2) is 30.1 Å². The fraction of sp³-hybridized carbons (Fsp3) is 0.625. The largest absolute Gasteiger partial charge is 0.489 e. The Hall–Kier alpha value is -1.22. The highest BCUT2D eigenvalue weighted by atomic mass is 16.5. The molecule has 104 valence electrons. The van der Waals surface area contributed by atoms with Gasteiger partial charge in [0.1, 0.15) is 12.4 Å². The van der Waals surface area contributed by atoms with Crippen molar-refractivity contribution in [1.29, 1.82) is 0 Å². The number of benzene rings is 1. The van der Waals surface area contributed by atoms with Gasteiger partial charge in [-0.05, 0) is 32.8 Å². The highest BCUT2D eigenvalue weighted by Gasteiger charge is 2.26. The van der Waals surface area contributed by atoms with E-state index in [-0.39, 0.29) is 0 Å². The molecule has 0 aromatic heterocycles. The molecule has 0 spiro atoms. The lowest BCUT2D eigenvalue weighted by Gasteiger charge is -2.39. The van der Waals surface area contributed by atoms with Gasteiger partial charge in [0.15, 0.2) is 0 Å². The van der Waals surface area contributed by atoms with Gasteiger partial charge < -0.3 is 10.1 Å². The molecule has 1 saturated heterocycles. The normalized spacial score (nSPS) is 27.3. The van der Waals surface area contributed by atoms with E-state index >= 15 is 0 Å². The summed E-state index contributed by atoms with van der Waals surface area (Å²) in [5, 5.41) is 3.42. The molecule has 0 saturated carbocycles. The molecule has 2 aliphatic heterocycles. The summed E-state index contributed by atoms with van der Waals surface area (Å²) >= 11 is 0. The van der Waals surface area contributed by atoms with Crippen LogP contribution in [0.2, 0.25) is 0 Å². The molecule has 19 heavy (non-hydrogen) atoms. The number of nitrogens with one attached hydrogen (secondary N) is 1. The Morgan fingerprint density at radius 3 is 2.84 bits per heavy atom. The average Bonchev–Trinajstić information content (AvgIpc) is 2.43. The first-order valence-corrected chi connectivity index (χ1v) is 7.50. The Morgan fingerprint density at radius 1 is 1.26 bits per heavy atom. The fourth-order valence-electron chi connectivity index (χ4n) is 3.34. The van der Waals surface area contributed by atoms with Crippen molar-refractivity contribution in [1.82, 2.24) is 4.90 Å². The third kappa shape index (κ3) is 2.57. The lowest BCUT2D eigenvalue weighted by atomic mass is 9.96. The van der Waals surface area contributed by atoms with Gasteiger partial charge in [0.2, 0.25) is 0 Å². The minimum Gasteiger partial charge on any atom is -0.489 e. The summed E-state index contributed by atoms with van der Waals surface area (Å²) in [5.74, 6) is 1.07. The van der Waals surface area contributed by atoms with Crippen LogP contribution in [0.5, 0.6) is 5.75 Å². The molecule has 1 aromatic carbocycles. The Kier molecular flexibility index (Phi) is 3.65. The van der Waals surface area contributed by atoms with Gasteiger partial charge in [-0.25, -0.2) is 0 Å². The minimum absolute atomic E-state index is 0.677. The van der Waals surface area contributed by atoms with E-state index in [4.69, 9.17) is 4.74 Å². The standard InChI is InChI=1S/C16H24N2O/c1-12-5-3-6-13(2)18(12)11-14-7-4-8-15-16(14)19-10-9-17-15/h4,7-8,12-13,17H,3,5-6,9-11H2,1-2H3. The number of piperidine rings is 1. The zero-order valence-corrected chi connectivity index (χ0v) is 12.0. The maximum Gasteiger partial charge on any atom is 0.146 e. The fourth-order valence-corrected chi connectivity index (χ4v) is 3.34. The van der Waals surface area contributed by atoms with Gasteiger partial charge in [-0.3, -0.25) is 4.90 Å². The molecule has 3 rings (SSSR count). The molecule has 2 aliphatic rings. The number of hydrogen-bond acceptors (Lipinski definition) is 3. The molecule has 0 radical (unpaired) electrons. The Morgan fingerprint density at radius 2 is 2.05 bits per heavy atom. The van der Waals surface area contributed by atoms with E-state index in [0.29, 0.717) is 12.1 Å². The van der Waals surface area contributed by atoms with E-state index in [1.807, 2.05) is 0 Å². The predicted molar refractivity (Wildman–Crippen MR) is 78.7 cm³/mol. The van der Waals surface area contributed by atoms with Crippen molar-refractivity contribution in [2.24, 2.45) is 0 Å². The van der Waals surface area contributed by atoms with E-state index in [9.17, 15) is 0 Å². The number of rotatable bonds is 2. The third-order valence-corrected chi connectivity index (χ3v) is 4.49. The molecule has 2 atom stereocenters. The van der Waals surface area contributed by atoms with Crippen LogP contribution in [0.3, 0.4) is 0 Å². The Balaban J connectivity index is 1.82. The molecule has 0 bridgehead atoms. The average molecular weight is 260 g/mol. The van der Waals surface area contributed by atoms with Gasteiger partial charge in [-0.1, -0.05) is 18.6 Å². The number of likely N-dealkylation sites (tertiary alicyclic amines) is 1. The zero-order chi connectivity index (χ0) is 13.2. The van der Waals surface area contributed by atoms with Crippen molar-refractivity contribution in [3.8, 4) is 5.75 Å². The quantitative estimate of drug-likeness (QED) is 0.883. The van der Waals surface area contributed by atoms with Crippen molar-refractivity contribution in [2.75, 3.05) is 18.5 Å². The number of anilines is 1. The van der Waals surface area contributed by atoms with Crippen LogP contribution in [0.15, 0.2) is 18.2 Å². The van der Waals surface area contributed by atoms with Crippen LogP contribution in [0.4, 0.5) is 5.69 Å². The molecule has 2 heterocycles. The van der Waals surface area contributed by atoms with Gasteiger partial charge in [-0.15, -0.1) is 0 Å². The molecule has 0 amide bonds. The van der Waals surface area contributed by atoms with Crippen molar-refractivity contribution in [3.05, 3.63) is 23.8 Å². The first-order chi connectivity index (χ1) is 9.25. The monoisotopic (exact) mass is 260 g/mol. The summed E-state index contributed by atoms with van der Waals surface area (Å²) in [6.07, 6.45) is 4.00. The van der Waals surface area contributed by atoms with Crippen molar-refractivity contribution < 1.29 is 4.74 Å². The molecule has 3 heteroatoms. The Bertz CT molecular complexity index is 436. The second-order valence-corrected chi connectivity index (χ2v) is 5.87. The summed E-state index contributed by atoms with van der Waals surface area (Å²) in [5.41, 5.74) is 2.48. The maximum atomic E-state index is 5.88. The van der Waals surface area contributed by atoms with Gasteiger partial charge in [0.25, 0.3) is 0 Å². The van der Waals surface area contributed by atoms with Crippen molar-refractivity contribution >= 4 is 5.69 Å². The second-order valence-electron chi connectivity index (χ2n) is 5.87. The predicted octanol–water partition coefficient (Wildman–Crippen LogP) is 3.25. The van der Waals surface area contributed by atoms with E-state index in [2.05, 4.69) is 42.3 Å². The number of ether oxygens (including phenoxy) is 1. The molecule has 3 nitrogen and oxygen atoms in total. The van der Waals surface area contributed by atoms with Crippen LogP contribution < -0.4 is 10.1 Å².